The van der Waals surface area contributed by atoms with E-state index >= 15 is 0 Å². The molecule has 0 saturated carbocycles. The molecular weight excluding hydrogens is 229 g/mol. The van der Waals surface area contributed by atoms with E-state index in [0.717, 1.165) is 17.8 Å². The van der Waals surface area contributed by atoms with Crippen LogP contribution >= 0.6 is 11.8 Å². The molecule has 0 aromatic heterocycles. The van der Waals surface area contributed by atoms with Crippen LogP contribution in [0.1, 0.15) is 18.9 Å². The molecule has 5 heteroatoms. The van der Waals surface area contributed by atoms with Crippen LogP contribution in [0.15, 0.2) is 23.1 Å². The smallest absolute Gasteiger partial charge is 0.316 e. The molecule has 0 heterocycles. The summed E-state index contributed by atoms with van der Waals surface area (Å²) in [6.07, 6.45) is 0.447. The highest BCUT2D eigenvalue weighted by atomic mass is 32.2. The molecule has 3 nitrogen and oxygen atoms in total. The molecule has 0 spiro atoms. The summed E-state index contributed by atoms with van der Waals surface area (Å²) in [5.41, 5.74) is 0.171. The summed E-state index contributed by atoms with van der Waals surface area (Å²) < 4.78 is 12.8. The van der Waals surface area contributed by atoms with Crippen LogP contribution in [0.2, 0.25) is 0 Å². The van der Waals surface area contributed by atoms with E-state index in [-0.39, 0.29) is 5.56 Å². The number of carboxylic acid groups (broad SMARTS) is 1. The summed E-state index contributed by atoms with van der Waals surface area (Å²) >= 11 is 1.07. The Kier molecular flexibility index (Phi) is 4.32. The number of carboxylic acids is 1. The van der Waals surface area contributed by atoms with E-state index in [0.29, 0.717) is 11.3 Å². The summed E-state index contributed by atoms with van der Waals surface area (Å²) in [5, 5.41) is 17.1. The Balaban J connectivity index is 2.97. The fourth-order valence-electron chi connectivity index (χ4n) is 1.15. The molecule has 0 aliphatic rings. The molecule has 1 unspecified atom stereocenters. The van der Waals surface area contributed by atoms with Crippen molar-refractivity contribution in [2.75, 3.05) is 0 Å². The predicted octanol–water partition coefficient (Wildman–Crippen LogP) is 2.65. The SMILES string of the molecule is CCC(Sc1ccc(F)cc1C#N)C(=O)O. The van der Waals surface area contributed by atoms with E-state index in [1.165, 1.54) is 12.1 Å². The number of halogens is 1. The van der Waals surface area contributed by atoms with Gasteiger partial charge in [-0.25, -0.2) is 4.39 Å². The van der Waals surface area contributed by atoms with Gasteiger partial charge in [-0.15, -0.1) is 11.8 Å². The van der Waals surface area contributed by atoms with Gasteiger partial charge in [-0.1, -0.05) is 6.92 Å². The zero-order valence-corrected chi connectivity index (χ0v) is 9.42. The molecule has 1 rings (SSSR count). The van der Waals surface area contributed by atoms with Gasteiger partial charge in [0, 0.05) is 4.90 Å². The van der Waals surface area contributed by atoms with Gasteiger partial charge in [0.2, 0.25) is 0 Å². The van der Waals surface area contributed by atoms with Crippen molar-refractivity contribution in [2.45, 2.75) is 23.5 Å². The molecule has 0 aliphatic heterocycles. The van der Waals surface area contributed by atoms with Gasteiger partial charge >= 0.3 is 5.97 Å². The summed E-state index contributed by atoms with van der Waals surface area (Å²) in [4.78, 5) is 11.3. The Bertz CT molecular complexity index is 442. The molecule has 1 aromatic carbocycles. The summed E-state index contributed by atoms with van der Waals surface area (Å²) in [6.45, 7) is 1.75. The third-order valence-corrected chi connectivity index (χ3v) is 3.41. The van der Waals surface area contributed by atoms with Crippen molar-refractivity contribution in [3.63, 3.8) is 0 Å². The maximum Gasteiger partial charge on any atom is 0.316 e. The molecule has 1 atom stereocenters. The first kappa shape index (κ1) is 12.5. The number of aliphatic carboxylic acids is 1. The van der Waals surface area contributed by atoms with E-state index in [1.54, 1.807) is 6.92 Å². The molecule has 0 amide bonds. The van der Waals surface area contributed by atoms with Crippen LogP contribution in [0.3, 0.4) is 0 Å². The molecule has 0 aliphatic carbocycles. The molecule has 0 bridgehead atoms. The third-order valence-electron chi connectivity index (χ3n) is 1.98. The van der Waals surface area contributed by atoms with Gasteiger partial charge in [-0.2, -0.15) is 5.26 Å². The Labute approximate surface area is 96.9 Å². The second kappa shape index (κ2) is 5.52. The van der Waals surface area contributed by atoms with Gasteiger partial charge in [-0.05, 0) is 24.6 Å². The van der Waals surface area contributed by atoms with E-state index in [2.05, 4.69) is 0 Å². The Morgan fingerprint density at radius 2 is 2.38 bits per heavy atom. The normalized spacial score (nSPS) is 11.8. The molecule has 0 saturated heterocycles. The number of hydrogen-bond donors (Lipinski definition) is 1. The lowest BCUT2D eigenvalue weighted by Gasteiger charge is -2.10. The maximum absolute atomic E-state index is 12.8. The number of carbonyl (C=O) groups is 1. The highest BCUT2D eigenvalue weighted by Gasteiger charge is 2.18. The van der Waals surface area contributed by atoms with Gasteiger partial charge in [0.25, 0.3) is 0 Å². The van der Waals surface area contributed by atoms with Gasteiger partial charge in [0.1, 0.15) is 17.1 Å². The lowest BCUT2D eigenvalue weighted by atomic mass is 10.2. The topological polar surface area (TPSA) is 61.1 Å². The minimum Gasteiger partial charge on any atom is -0.480 e. The van der Waals surface area contributed by atoms with Gasteiger partial charge in [0.15, 0.2) is 0 Å². The zero-order chi connectivity index (χ0) is 12.1. The number of benzene rings is 1. The second-order valence-electron chi connectivity index (χ2n) is 3.11. The standard InChI is InChI=1S/C11H10FNO2S/c1-2-9(11(14)15)16-10-4-3-8(12)5-7(10)6-13/h3-5,9H,2H2,1H3,(H,14,15). The number of hydrogen-bond acceptors (Lipinski definition) is 3. The number of nitriles is 1. The summed E-state index contributed by atoms with van der Waals surface area (Å²) in [7, 11) is 0. The van der Waals surface area contributed by atoms with Crippen molar-refractivity contribution in [2.24, 2.45) is 0 Å². The number of thioether (sulfide) groups is 1. The lowest BCUT2D eigenvalue weighted by Crippen LogP contribution is -2.14. The largest absolute Gasteiger partial charge is 0.480 e. The van der Waals surface area contributed by atoms with Crippen molar-refractivity contribution >= 4 is 17.7 Å². The van der Waals surface area contributed by atoms with Crippen molar-refractivity contribution in [3.05, 3.63) is 29.6 Å². The quantitative estimate of drug-likeness (QED) is 0.820. The Hall–Kier alpha value is -1.54. The summed E-state index contributed by atoms with van der Waals surface area (Å²) in [5.74, 6) is -1.43. The van der Waals surface area contributed by atoms with Crippen LogP contribution in [0.25, 0.3) is 0 Å². The monoisotopic (exact) mass is 239 g/mol. The van der Waals surface area contributed by atoms with Crippen molar-refractivity contribution in [3.8, 4) is 6.07 Å². The summed E-state index contributed by atoms with van der Waals surface area (Å²) in [6, 6.07) is 5.61. The van der Waals surface area contributed by atoms with Crippen LogP contribution in [-0.2, 0) is 4.79 Å². The molecule has 0 fully saturated rings. The average molecular weight is 239 g/mol. The third kappa shape index (κ3) is 2.97. The van der Waals surface area contributed by atoms with Gasteiger partial charge < -0.3 is 5.11 Å². The predicted molar refractivity (Wildman–Crippen MR) is 58.7 cm³/mol. The first-order valence-corrected chi connectivity index (χ1v) is 5.55. The first-order chi connectivity index (χ1) is 7.58. The van der Waals surface area contributed by atoms with Crippen LogP contribution in [-0.4, -0.2) is 16.3 Å². The number of nitrogens with zero attached hydrogens (tertiary/aromatic N) is 1. The molecular formula is C11H10FNO2S. The molecule has 16 heavy (non-hydrogen) atoms. The van der Waals surface area contributed by atoms with Crippen molar-refractivity contribution in [1.29, 1.82) is 5.26 Å². The van der Waals surface area contributed by atoms with Crippen molar-refractivity contribution < 1.29 is 14.3 Å². The molecule has 0 radical (unpaired) electrons. The maximum atomic E-state index is 12.8. The van der Waals surface area contributed by atoms with E-state index < -0.39 is 17.0 Å². The van der Waals surface area contributed by atoms with E-state index in [4.69, 9.17) is 10.4 Å². The minimum atomic E-state index is -0.930. The van der Waals surface area contributed by atoms with Crippen LogP contribution in [0.4, 0.5) is 4.39 Å². The molecule has 1 aromatic rings. The van der Waals surface area contributed by atoms with E-state index in [9.17, 15) is 9.18 Å². The molecule has 1 N–H and O–H groups in total. The van der Waals surface area contributed by atoms with Gasteiger partial charge in [-0.3, -0.25) is 4.79 Å². The fourth-order valence-corrected chi connectivity index (χ4v) is 2.11. The second-order valence-corrected chi connectivity index (χ2v) is 4.35. The molecule has 84 valence electrons. The minimum absolute atomic E-state index is 0.171. The van der Waals surface area contributed by atoms with Crippen molar-refractivity contribution in [1.82, 2.24) is 0 Å². The van der Waals surface area contributed by atoms with Crippen LogP contribution < -0.4 is 0 Å². The first-order valence-electron chi connectivity index (χ1n) is 4.67. The Morgan fingerprint density at radius 1 is 1.69 bits per heavy atom. The highest BCUT2D eigenvalue weighted by molar-refractivity contribution is 8.00. The zero-order valence-electron chi connectivity index (χ0n) is 8.61. The van der Waals surface area contributed by atoms with Crippen LogP contribution in [0, 0.1) is 17.1 Å². The van der Waals surface area contributed by atoms with E-state index in [1.807, 2.05) is 6.07 Å². The number of rotatable bonds is 4. The average Bonchev–Trinajstić information content (AvgIpc) is 2.26. The fraction of sp³-hybridized carbons (Fsp3) is 0.273. The lowest BCUT2D eigenvalue weighted by molar-refractivity contribution is -0.136. The Morgan fingerprint density at radius 3 is 2.88 bits per heavy atom. The van der Waals surface area contributed by atoms with Crippen LogP contribution in [0.5, 0.6) is 0 Å². The van der Waals surface area contributed by atoms with Gasteiger partial charge in [0.05, 0.1) is 5.56 Å². The highest BCUT2D eigenvalue weighted by Crippen LogP contribution is 2.28.